The second-order valence-corrected chi connectivity index (χ2v) is 11.1. The SMILES string of the molecule is Cc1cccc(C)c1N(CC(C)(C)CN(c1c(C)cccc1C)C(C)(C)C)C(C)C. The predicted molar refractivity (Wildman–Crippen MR) is 135 cm³/mol. The number of para-hydroxylation sites is 2. The summed E-state index contributed by atoms with van der Waals surface area (Å²) in [4.78, 5) is 5.23. The molecule has 0 aliphatic heterocycles. The lowest BCUT2D eigenvalue weighted by Crippen LogP contribution is -2.51. The summed E-state index contributed by atoms with van der Waals surface area (Å²) in [5, 5.41) is 0. The Kier molecular flexibility index (Phi) is 7.32. The van der Waals surface area contributed by atoms with Crippen molar-refractivity contribution in [2.75, 3.05) is 22.9 Å². The molecule has 2 rings (SSSR count). The average molecular weight is 409 g/mol. The van der Waals surface area contributed by atoms with Crippen molar-refractivity contribution >= 4 is 11.4 Å². The Hall–Kier alpha value is -1.96. The molecule has 2 aromatic rings. The van der Waals surface area contributed by atoms with Crippen LogP contribution in [0.15, 0.2) is 36.4 Å². The summed E-state index contributed by atoms with van der Waals surface area (Å²) >= 11 is 0. The number of hydrogen-bond acceptors (Lipinski definition) is 2. The maximum absolute atomic E-state index is 2.63. The van der Waals surface area contributed by atoms with Gasteiger partial charge in [0.15, 0.2) is 0 Å². The van der Waals surface area contributed by atoms with Gasteiger partial charge in [-0.2, -0.15) is 0 Å². The van der Waals surface area contributed by atoms with E-state index >= 15 is 0 Å². The van der Waals surface area contributed by atoms with Gasteiger partial charge in [-0.3, -0.25) is 0 Å². The van der Waals surface area contributed by atoms with Gasteiger partial charge in [-0.25, -0.2) is 0 Å². The van der Waals surface area contributed by atoms with Crippen LogP contribution in [0.3, 0.4) is 0 Å². The summed E-state index contributed by atoms with van der Waals surface area (Å²) in [6.45, 7) is 27.5. The molecule has 0 saturated heterocycles. The molecule has 0 aliphatic rings. The smallest absolute Gasteiger partial charge is 0.0430 e. The summed E-state index contributed by atoms with van der Waals surface area (Å²) < 4.78 is 0. The van der Waals surface area contributed by atoms with Crippen LogP contribution in [0.25, 0.3) is 0 Å². The minimum absolute atomic E-state index is 0.0510. The van der Waals surface area contributed by atoms with Crippen LogP contribution in [-0.4, -0.2) is 24.7 Å². The van der Waals surface area contributed by atoms with E-state index in [1.165, 1.54) is 33.6 Å². The molecular weight excluding hydrogens is 364 g/mol. The van der Waals surface area contributed by atoms with E-state index in [9.17, 15) is 0 Å². The van der Waals surface area contributed by atoms with Crippen LogP contribution in [0.1, 0.15) is 70.7 Å². The molecule has 0 N–H and O–H groups in total. The average Bonchev–Trinajstić information content (AvgIpc) is 2.58. The maximum Gasteiger partial charge on any atom is 0.0430 e. The quantitative estimate of drug-likeness (QED) is 0.469. The van der Waals surface area contributed by atoms with Gasteiger partial charge in [0.2, 0.25) is 0 Å². The van der Waals surface area contributed by atoms with E-state index in [0.717, 1.165) is 13.1 Å². The van der Waals surface area contributed by atoms with Gasteiger partial charge in [-0.05, 0) is 90.0 Å². The van der Waals surface area contributed by atoms with Gasteiger partial charge in [0, 0.05) is 36.0 Å². The third-order valence-electron chi connectivity index (χ3n) is 6.05. The van der Waals surface area contributed by atoms with Gasteiger partial charge in [-0.15, -0.1) is 0 Å². The molecule has 2 aromatic carbocycles. The molecule has 0 heterocycles. The summed E-state index contributed by atoms with van der Waals surface area (Å²) in [5.74, 6) is 0. The molecular formula is C28H44N2. The number of aryl methyl sites for hydroxylation is 4. The standard InChI is InChI=1S/C28H44N2/c1-20(2)29(25-21(3)14-12-15-22(25)4)18-28(10,11)19-30(27(7,8)9)26-23(5)16-13-17-24(26)6/h12-17,20H,18-19H2,1-11H3. The zero-order valence-corrected chi connectivity index (χ0v) is 21.4. The molecule has 0 aromatic heterocycles. The fourth-order valence-corrected chi connectivity index (χ4v) is 4.60. The Morgan fingerprint density at radius 1 is 0.667 bits per heavy atom. The molecule has 166 valence electrons. The highest BCUT2D eigenvalue weighted by molar-refractivity contribution is 5.61. The molecule has 2 nitrogen and oxygen atoms in total. The largest absolute Gasteiger partial charge is 0.368 e. The van der Waals surface area contributed by atoms with Crippen molar-refractivity contribution in [1.29, 1.82) is 0 Å². The number of anilines is 2. The first-order valence-corrected chi connectivity index (χ1v) is 11.4. The Morgan fingerprint density at radius 2 is 1.07 bits per heavy atom. The molecule has 0 fully saturated rings. The van der Waals surface area contributed by atoms with Crippen LogP contribution in [0, 0.1) is 33.1 Å². The van der Waals surface area contributed by atoms with Crippen LogP contribution in [0.4, 0.5) is 11.4 Å². The molecule has 0 saturated carbocycles. The lowest BCUT2D eigenvalue weighted by Gasteiger charge is -2.46. The summed E-state index contributed by atoms with van der Waals surface area (Å²) in [6, 6.07) is 13.7. The predicted octanol–water partition coefficient (Wildman–Crippen LogP) is 7.47. The van der Waals surface area contributed by atoms with Gasteiger partial charge in [0.05, 0.1) is 0 Å². The van der Waals surface area contributed by atoms with Crippen LogP contribution in [0.2, 0.25) is 0 Å². The monoisotopic (exact) mass is 408 g/mol. The molecule has 0 unspecified atom stereocenters. The van der Waals surface area contributed by atoms with Crippen LogP contribution in [0.5, 0.6) is 0 Å². The maximum atomic E-state index is 2.63. The van der Waals surface area contributed by atoms with E-state index in [0.29, 0.717) is 6.04 Å². The highest BCUT2D eigenvalue weighted by Crippen LogP contribution is 2.36. The van der Waals surface area contributed by atoms with Crippen molar-refractivity contribution in [2.45, 2.75) is 87.7 Å². The van der Waals surface area contributed by atoms with E-state index < -0.39 is 0 Å². The number of nitrogens with zero attached hydrogens (tertiary/aromatic N) is 2. The third-order valence-corrected chi connectivity index (χ3v) is 6.05. The van der Waals surface area contributed by atoms with E-state index in [4.69, 9.17) is 0 Å². The highest BCUT2D eigenvalue weighted by atomic mass is 15.2. The van der Waals surface area contributed by atoms with E-state index in [1.807, 2.05) is 0 Å². The summed E-state index contributed by atoms with van der Waals surface area (Å²) in [5.41, 5.74) is 8.39. The number of benzene rings is 2. The second kappa shape index (κ2) is 9.04. The zero-order valence-electron chi connectivity index (χ0n) is 21.4. The Morgan fingerprint density at radius 3 is 1.43 bits per heavy atom. The van der Waals surface area contributed by atoms with Gasteiger partial charge in [0.25, 0.3) is 0 Å². The minimum Gasteiger partial charge on any atom is -0.368 e. The number of rotatable bonds is 7. The molecule has 0 atom stereocenters. The first kappa shape index (κ1) is 24.3. The van der Waals surface area contributed by atoms with Gasteiger partial charge < -0.3 is 9.80 Å². The molecule has 2 heteroatoms. The topological polar surface area (TPSA) is 6.48 Å². The van der Waals surface area contributed by atoms with Gasteiger partial charge in [0.1, 0.15) is 0 Å². The lowest BCUT2D eigenvalue weighted by molar-refractivity contribution is 0.326. The molecule has 0 spiro atoms. The van der Waals surface area contributed by atoms with E-state index in [-0.39, 0.29) is 11.0 Å². The normalized spacial score (nSPS) is 12.4. The Bertz CT molecular complexity index is 815. The molecule has 30 heavy (non-hydrogen) atoms. The molecule has 0 aliphatic carbocycles. The van der Waals surface area contributed by atoms with E-state index in [2.05, 4.69) is 122 Å². The minimum atomic E-state index is 0.0510. The molecule has 0 amide bonds. The summed E-state index contributed by atoms with van der Waals surface area (Å²) in [6.07, 6.45) is 0. The van der Waals surface area contributed by atoms with Gasteiger partial charge in [-0.1, -0.05) is 50.2 Å². The van der Waals surface area contributed by atoms with Crippen molar-refractivity contribution in [3.63, 3.8) is 0 Å². The zero-order chi connectivity index (χ0) is 22.9. The van der Waals surface area contributed by atoms with Crippen molar-refractivity contribution in [3.05, 3.63) is 58.7 Å². The van der Waals surface area contributed by atoms with Gasteiger partial charge >= 0.3 is 0 Å². The highest BCUT2D eigenvalue weighted by Gasteiger charge is 2.33. The number of hydrogen-bond donors (Lipinski definition) is 0. The fourth-order valence-electron chi connectivity index (χ4n) is 4.60. The summed E-state index contributed by atoms with van der Waals surface area (Å²) in [7, 11) is 0. The Balaban J connectivity index is 2.42. The fraction of sp³-hybridized carbons (Fsp3) is 0.571. The van der Waals surface area contributed by atoms with Crippen molar-refractivity contribution < 1.29 is 0 Å². The molecule has 0 radical (unpaired) electrons. The first-order valence-electron chi connectivity index (χ1n) is 11.4. The lowest BCUT2D eigenvalue weighted by atomic mass is 9.87. The van der Waals surface area contributed by atoms with Crippen molar-refractivity contribution in [1.82, 2.24) is 0 Å². The third kappa shape index (κ3) is 5.59. The van der Waals surface area contributed by atoms with Crippen LogP contribution < -0.4 is 9.80 Å². The molecule has 0 bridgehead atoms. The van der Waals surface area contributed by atoms with Crippen LogP contribution in [-0.2, 0) is 0 Å². The van der Waals surface area contributed by atoms with Crippen molar-refractivity contribution in [3.8, 4) is 0 Å². The Labute approximate surface area is 186 Å². The van der Waals surface area contributed by atoms with Crippen LogP contribution >= 0.6 is 0 Å². The first-order chi connectivity index (χ1) is 13.7. The second-order valence-electron chi connectivity index (χ2n) is 11.1. The van der Waals surface area contributed by atoms with Crippen molar-refractivity contribution in [2.24, 2.45) is 5.41 Å². The van der Waals surface area contributed by atoms with E-state index in [1.54, 1.807) is 0 Å².